The van der Waals surface area contributed by atoms with E-state index in [-0.39, 0.29) is 18.0 Å². The van der Waals surface area contributed by atoms with Gasteiger partial charge >= 0.3 is 6.03 Å². The number of nitrogens with zero attached hydrogens (tertiary/aromatic N) is 1. The number of para-hydroxylation sites is 1. The van der Waals surface area contributed by atoms with E-state index in [0.717, 1.165) is 10.0 Å². The molecule has 6 heteroatoms. The van der Waals surface area contributed by atoms with Gasteiger partial charge in [0, 0.05) is 24.0 Å². The molecule has 1 aliphatic heterocycles. The first-order valence-electron chi connectivity index (χ1n) is 7.75. The van der Waals surface area contributed by atoms with Crippen LogP contribution in [0.25, 0.3) is 0 Å². The zero-order valence-electron chi connectivity index (χ0n) is 13.0. The third kappa shape index (κ3) is 4.14. The van der Waals surface area contributed by atoms with Gasteiger partial charge in [-0.05, 0) is 33.6 Å². The van der Waals surface area contributed by atoms with Crippen molar-refractivity contribution in [1.29, 1.82) is 0 Å². The van der Waals surface area contributed by atoms with Crippen LogP contribution in [0.2, 0.25) is 0 Å². The Balaban J connectivity index is 1.54. The zero-order valence-corrected chi connectivity index (χ0v) is 14.6. The highest BCUT2D eigenvalue weighted by Gasteiger charge is 2.30. The molecule has 1 aliphatic rings. The molecule has 0 saturated carbocycles. The molecule has 2 aromatic carbocycles. The number of hydrogen-bond acceptors (Lipinski definition) is 2. The number of benzene rings is 2. The summed E-state index contributed by atoms with van der Waals surface area (Å²) < 4.78 is 0.813. The zero-order chi connectivity index (χ0) is 16.9. The van der Waals surface area contributed by atoms with Crippen LogP contribution >= 0.6 is 15.9 Å². The fraction of sp³-hybridized carbons (Fsp3) is 0.222. The van der Waals surface area contributed by atoms with E-state index in [1.807, 2.05) is 54.6 Å². The van der Waals surface area contributed by atoms with Gasteiger partial charge in [0.05, 0.1) is 11.7 Å². The summed E-state index contributed by atoms with van der Waals surface area (Å²) in [5, 5.41) is 5.66. The first kappa shape index (κ1) is 16.5. The van der Waals surface area contributed by atoms with Crippen molar-refractivity contribution in [3.8, 4) is 0 Å². The summed E-state index contributed by atoms with van der Waals surface area (Å²) in [5.41, 5.74) is 1.78. The fourth-order valence-corrected chi connectivity index (χ4v) is 3.12. The number of halogens is 1. The minimum absolute atomic E-state index is 0.0602. The van der Waals surface area contributed by atoms with Crippen LogP contribution in [0.4, 0.5) is 10.5 Å². The van der Waals surface area contributed by atoms with Crippen LogP contribution in [0.3, 0.4) is 0 Å². The van der Waals surface area contributed by atoms with Crippen LogP contribution in [-0.4, -0.2) is 29.4 Å². The van der Waals surface area contributed by atoms with Crippen molar-refractivity contribution in [2.45, 2.75) is 19.0 Å². The summed E-state index contributed by atoms with van der Waals surface area (Å²) in [6.07, 6.45) is 0.330. The van der Waals surface area contributed by atoms with E-state index in [0.29, 0.717) is 25.2 Å². The van der Waals surface area contributed by atoms with E-state index in [4.69, 9.17) is 0 Å². The first-order valence-corrected chi connectivity index (χ1v) is 8.55. The van der Waals surface area contributed by atoms with Crippen LogP contribution < -0.4 is 10.6 Å². The predicted octanol–water partition coefficient (Wildman–Crippen LogP) is 3.37. The molecular weight excluding hydrogens is 370 g/mol. The molecule has 0 spiro atoms. The normalized spacial score (nSPS) is 17.0. The van der Waals surface area contributed by atoms with Gasteiger partial charge in [-0.15, -0.1) is 0 Å². The smallest absolute Gasteiger partial charge is 0.319 e. The Hall–Kier alpha value is -2.34. The number of carbonyl (C=O) groups is 2. The molecule has 1 saturated heterocycles. The van der Waals surface area contributed by atoms with E-state index in [9.17, 15) is 9.59 Å². The van der Waals surface area contributed by atoms with Crippen molar-refractivity contribution in [3.63, 3.8) is 0 Å². The minimum atomic E-state index is -0.304. The fourth-order valence-electron chi connectivity index (χ4n) is 2.73. The molecule has 3 rings (SSSR count). The molecule has 1 atom stereocenters. The third-order valence-corrected chi connectivity index (χ3v) is 4.58. The Morgan fingerprint density at radius 1 is 1.12 bits per heavy atom. The molecule has 0 radical (unpaired) electrons. The molecule has 2 N–H and O–H groups in total. The second-order valence-electron chi connectivity index (χ2n) is 5.74. The summed E-state index contributed by atoms with van der Waals surface area (Å²) in [5.74, 6) is 0.0602. The predicted molar refractivity (Wildman–Crippen MR) is 96.6 cm³/mol. The molecule has 24 heavy (non-hydrogen) atoms. The average Bonchev–Trinajstić information content (AvgIpc) is 2.90. The Morgan fingerprint density at radius 3 is 2.58 bits per heavy atom. The number of likely N-dealkylation sites (tertiary alicyclic amines) is 1. The molecule has 5 nitrogen and oxygen atoms in total. The van der Waals surface area contributed by atoms with Crippen LogP contribution in [0.15, 0.2) is 59.1 Å². The number of urea groups is 1. The number of carbonyl (C=O) groups excluding carboxylic acids is 2. The van der Waals surface area contributed by atoms with Crippen LogP contribution in [0.5, 0.6) is 0 Å². The van der Waals surface area contributed by atoms with Crippen molar-refractivity contribution in [2.75, 3.05) is 11.9 Å². The van der Waals surface area contributed by atoms with Gasteiger partial charge in [0.15, 0.2) is 0 Å². The topological polar surface area (TPSA) is 61.4 Å². The average molecular weight is 388 g/mol. The lowest BCUT2D eigenvalue weighted by molar-refractivity contribution is -0.128. The molecule has 1 unspecified atom stereocenters. The van der Waals surface area contributed by atoms with Crippen molar-refractivity contribution in [3.05, 3.63) is 64.6 Å². The summed E-state index contributed by atoms with van der Waals surface area (Å²) in [6, 6.07) is 16.8. The van der Waals surface area contributed by atoms with E-state index < -0.39 is 0 Å². The number of nitrogens with one attached hydrogen (secondary N) is 2. The number of amides is 3. The van der Waals surface area contributed by atoms with Gasteiger partial charge in [0.25, 0.3) is 0 Å². The van der Waals surface area contributed by atoms with E-state index in [1.54, 1.807) is 4.90 Å². The lowest BCUT2D eigenvalue weighted by atomic mass is 10.2. The maximum atomic E-state index is 12.1. The van der Waals surface area contributed by atoms with Gasteiger partial charge in [-0.3, -0.25) is 4.79 Å². The van der Waals surface area contributed by atoms with Crippen molar-refractivity contribution >= 4 is 33.6 Å². The SMILES string of the molecule is O=C(Nc1ccccc1Br)NC1CC(=O)N(Cc2ccccc2)C1. The second-order valence-corrected chi connectivity index (χ2v) is 6.59. The molecule has 0 aromatic heterocycles. The third-order valence-electron chi connectivity index (χ3n) is 3.89. The van der Waals surface area contributed by atoms with Gasteiger partial charge < -0.3 is 15.5 Å². The number of anilines is 1. The molecule has 124 valence electrons. The Kier molecular flexibility index (Phi) is 5.15. The van der Waals surface area contributed by atoms with Gasteiger partial charge in [-0.1, -0.05) is 42.5 Å². The summed E-state index contributed by atoms with van der Waals surface area (Å²) in [4.78, 5) is 26.0. The quantitative estimate of drug-likeness (QED) is 0.844. The maximum absolute atomic E-state index is 12.1. The molecule has 2 aromatic rings. The van der Waals surface area contributed by atoms with Crippen molar-refractivity contribution in [2.24, 2.45) is 0 Å². The van der Waals surface area contributed by atoms with Gasteiger partial charge in [-0.25, -0.2) is 4.79 Å². The molecular formula is C18H18BrN3O2. The van der Waals surface area contributed by atoms with E-state index in [2.05, 4.69) is 26.6 Å². The van der Waals surface area contributed by atoms with Gasteiger partial charge in [-0.2, -0.15) is 0 Å². The molecule has 1 heterocycles. The largest absolute Gasteiger partial charge is 0.336 e. The molecule has 0 bridgehead atoms. The lowest BCUT2D eigenvalue weighted by Gasteiger charge is -2.17. The summed E-state index contributed by atoms with van der Waals surface area (Å²) in [7, 11) is 0. The number of hydrogen-bond donors (Lipinski definition) is 2. The number of rotatable bonds is 4. The second kappa shape index (κ2) is 7.49. The Bertz CT molecular complexity index is 736. The molecule has 3 amide bonds. The first-order chi connectivity index (χ1) is 11.6. The maximum Gasteiger partial charge on any atom is 0.319 e. The molecule has 0 aliphatic carbocycles. The highest BCUT2D eigenvalue weighted by Crippen LogP contribution is 2.21. The van der Waals surface area contributed by atoms with Crippen LogP contribution in [0, 0.1) is 0 Å². The standard InChI is InChI=1S/C18H18BrN3O2/c19-15-8-4-5-9-16(15)21-18(24)20-14-10-17(23)22(12-14)11-13-6-2-1-3-7-13/h1-9,14H,10-12H2,(H2,20,21,24). The Morgan fingerprint density at radius 2 is 1.83 bits per heavy atom. The van der Waals surface area contributed by atoms with E-state index in [1.165, 1.54) is 0 Å². The summed E-state index contributed by atoms with van der Waals surface area (Å²) in [6.45, 7) is 1.10. The van der Waals surface area contributed by atoms with Gasteiger partial charge in [0.2, 0.25) is 5.91 Å². The monoisotopic (exact) mass is 387 g/mol. The van der Waals surface area contributed by atoms with Crippen molar-refractivity contribution in [1.82, 2.24) is 10.2 Å². The minimum Gasteiger partial charge on any atom is -0.336 e. The van der Waals surface area contributed by atoms with Crippen LogP contribution in [0.1, 0.15) is 12.0 Å². The highest BCUT2D eigenvalue weighted by atomic mass is 79.9. The van der Waals surface area contributed by atoms with Gasteiger partial charge in [0.1, 0.15) is 0 Å². The Labute approximate surface area is 149 Å². The van der Waals surface area contributed by atoms with Crippen LogP contribution in [-0.2, 0) is 11.3 Å². The van der Waals surface area contributed by atoms with E-state index >= 15 is 0 Å². The summed E-state index contributed by atoms with van der Waals surface area (Å²) >= 11 is 3.39. The highest BCUT2D eigenvalue weighted by molar-refractivity contribution is 9.10. The molecule has 1 fully saturated rings. The van der Waals surface area contributed by atoms with Crippen molar-refractivity contribution < 1.29 is 9.59 Å². The lowest BCUT2D eigenvalue weighted by Crippen LogP contribution is -2.39.